The van der Waals surface area contributed by atoms with Gasteiger partial charge < -0.3 is 23.8 Å². The van der Waals surface area contributed by atoms with Gasteiger partial charge in [0.1, 0.15) is 5.75 Å². The first kappa shape index (κ1) is 25.5. The molecular formula is C29H35N3O4. The van der Waals surface area contributed by atoms with E-state index in [9.17, 15) is 9.59 Å². The predicted octanol–water partition coefficient (Wildman–Crippen LogP) is 3.96. The molecule has 0 unspecified atom stereocenters. The molecule has 1 aliphatic carbocycles. The second kappa shape index (κ2) is 12.4. The highest BCUT2D eigenvalue weighted by atomic mass is 16.5. The van der Waals surface area contributed by atoms with Crippen molar-refractivity contribution >= 4 is 11.8 Å². The van der Waals surface area contributed by atoms with Crippen molar-refractivity contribution in [1.29, 1.82) is 0 Å². The minimum absolute atomic E-state index is 0.0531. The van der Waals surface area contributed by atoms with E-state index in [0.29, 0.717) is 32.8 Å². The Labute approximate surface area is 213 Å². The summed E-state index contributed by atoms with van der Waals surface area (Å²) in [6.07, 6.45) is 3.84. The second-order valence-corrected chi connectivity index (χ2v) is 9.24. The lowest BCUT2D eigenvalue weighted by atomic mass is 10.2. The maximum atomic E-state index is 13.6. The molecule has 0 spiro atoms. The normalized spacial score (nSPS) is 12.8. The molecule has 2 amide bonds. The van der Waals surface area contributed by atoms with Gasteiger partial charge in [-0.25, -0.2) is 0 Å². The third-order valence-electron chi connectivity index (χ3n) is 6.46. The minimum atomic E-state index is -0.0712. The van der Waals surface area contributed by atoms with Crippen LogP contribution in [0.4, 0.5) is 0 Å². The molecule has 0 atom stereocenters. The summed E-state index contributed by atoms with van der Waals surface area (Å²) in [5, 5.41) is 0. The molecule has 1 aliphatic rings. The first-order valence-electron chi connectivity index (χ1n) is 12.4. The Kier molecular flexibility index (Phi) is 8.79. The van der Waals surface area contributed by atoms with Gasteiger partial charge in [-0.15, -0.1) is 0 Å². The van der Waals surface area contributed by atoms with E-state index in [-0.39, 0.29) is 24.3 Å². The first-order valence-corrected chi connectivity index (χ1v) is 12.4. The highest BCUT2D eigenvalue weighted by Crippen LogP contribution is 2.31. The number of amides is 2. The quantitative estimate of drug-likeness (QED) is 0.365. The Morgan fingerprint density at radius 1 is 0.917 bits per heavy atom. The van der Waals surface area contributed by atoms with Crippen LogP contribution in [0.5, 0.6) is 5.75 Å². The maximum absolute atomic E-state index is 13.6. The molecule has 3 aromatic rings. The smallest absolute Gasteiger partial charge is 0.242 e. The molecule has 1 aromatic heterocycles. The number of rotatable bonds is 13. The number of hydrogen-bond donors (Lipinski definition) is 0. The zero-order valence-corrected chi connectivity index (χ0v) is 21.1. The summed E-state index contributed by atoms with van der Waals surface area (Å²) in [7, 11) is 3.27. The summed E-state index contributed by atoms with van der Waals surface area (Å²) in [6, 6.07) is 22.0. The SMILES string of the molecule is COCCN(CC(=O)N(Cc1ccccc1)Cc1cccn1Cc1cccc(OC)c1)C(=O)C1CC1. The van der Waals surface area contributed by atoms with Gasteiger partial charge in [0.05, 0.1) is 26.8 Å². The average Bonchev–Trinajstić information content (AvgIpc) is 3.67. The number of methoxy groups -OCH3 is 2. The molecule has 0 N–H and O–H groups in total. The third kappa shape index (κ3) is 6.98. The third-order valence-corrected chi connectivity index (χ3v) is 6.46. The van der Waals surface area contributed by atoms with Gasteiger partial charge in [0.2, 0.25) is 11.8 Å². The first-order chi connectivity index (χ1) is 17.6. The van der Waals surface area contributed by atoms with Crippen LogP contribution in [-0.4, -0.2) is 60.1 Å². The molecule has 0 radical (unpaired) electrons. The lowest BCUT2D eigenvalue weighted by Crippen LogP contribution is -2.44. The monoisotopic (exact) mass is 489 g/mol. The number of hydrogen-bond acceptors (Lipinski definition) is 4. The summed E-state index contributed by atoms with van der Waals surface area (Å²) in [5.74, 6) is 0.857. The summed E-state index contributed by atoms with van der Waals surface area (Å²) in [5.41, 5.74) is 3.20. The van der Waals surface area contributed by atoms with Crippen molar-refractivity contribution in [1.82, 2.24) is 14.4 Å². The van der Waals surface area contributed by atoms with E-state index in [0.717, 1.165) is 35.4 Å². The van der Waals surface area contributed by atoms with Gasteiger partial charge in [0.25, 0.3) is 0 Å². The number of ether oxygens (including phenoxy) is 2. The molecule has 4 rings (SSSR count). The van der Waals surface area contributed by atoms with Gasteiger partial charge in [0.15, 0.2) is 0 Å². The average molecular weight is 490 g/mol. The number of benzene rings is 2. The van der Waals surface area contributed by atoms with Gasteiger partial charge in [-0.2, -0.15) is 0 Å². The molecular weight excluding hydrogens is 454 g/mol. The zero-order chi connectivity index (χ0) is 25.3. The van der Waals surface area contributed by atoms with Crippen molar-refractivity contribution in [3.63, 3.8) is 0 Å². The van der Waals surface area contributed by atoms with Crippen LogP contribution in [0.1, 0.15) is 29.7 Å². The van der Waals surface area contributed by atoms with Gasteiger partial charge in [-0.05, 0) is 48.2 Å². The molecule has 190 valence electrons. The topological polar surface area (TPSA) is 64.0 Å². The fourth-order valence-corrected chi connectivity index (χ4v) is 4.27. The Morgan fingerprint density at radius 3 is 2.42 bits per heavy atom. The van der Waals surface area contributed by atoms with Gasteiger partial charge in [0, 0.05) is 44.6 Å². The van der Waals surface area contributed by atoms with Crippen LogP contribution in [0, 0.1) is 5.92 Å². The Morgan fingerprint density at radius 2 is 1.69 bits per heavy atom. The van der Waals surface area contributed by atoms with Crippen LogP contribution >= 0.6 is 0 Å². The van der Waals surface area contributed by atoms with Gasteiger partial charge >= 0.3 is 0 Å². The fourth-order valence-electron chi connectivity index (χ4n) is 4.27. The minimum Gasteiger partial charge on any atom is -0.497 e. The van der Waals surface area contributed by atoms with E-state index in [1.165, 1.54) is 0 Å². The summed E-state index contributed by atoms with van der Waals surface area (Å²) in [4.78, 5) is 30.0. The molecule has 7 nitrogen and oxygen atoms in total. The largest absolute Gasteiger partial charge is 0.497 e. The molecule has 2 aromatic carbocycles. The second-order valence-electron chi connectivity index (χ2n) is 9.24. The van der Waals surface area contributed by atoms with Crippen LogP contribution in [0.3, 0.4) is 0 Å². The Hall–Kier alpha value is -3.58. The summed E-state index contributed by atoms with van der Waals surface area (Å²) in [6.45, 7) is 2.48. The van der Waals surface area contributed by atoms with Crippen molar-refractivity contribution in [3.05, 3.63) is 89.7 Å². The Bertz CT molecular complexity index is 1140. The molecule has 1 fully saturated rings. The van der Waals surface area contributed by atoms with E-state index in [2.05, 4.69) is 10.6 Å². The molecule has 7 heteroatoms. The molecule has 1 saturated carbocycles. The van der Waals surface area contributed by atoms with E-state index in [4.69, 9.17) is 9.47 Å². The maximum Gasteiger partial charge on any atom is 0.242 e. The number of nitrogens with zero attached hydrogens (tertiary/aromatic N) is 3. The Balaban J connectivity index is 1.52. The fraction of sp³-hybridized carbons (Fsp3) is 0.379. The van der Waals surface area contributed by atoms with Crippen molar-refractivity contribution in [2.75, 3.05) is 33.9 Å². The van der Waals surface area contributed by atoms with E-state index < -0.39 is 0 Å². The lowest BCUT2D eigenvalue weighted by molar-refractivity contribution is -0.142. The van der Waals surface area contributed by atoms with Crippen LogP contribution < -0.4 is 4.74 Å². The zero-order valence-electron chi connectivity index (χ0n) is 21.1. The standard InChI is InChI=1S/C29H35N3O4/c1-35-17-16-31(29(34)25-13-14-25)22-28(33)32(19-23-8-4-3-5-9-23)21-26-11-7-15-30(26)20-24-10-6-12-27(18-24)36-2/h3-12,15,18,25H,13-14,16-17,19-22H2,1-2H3. The van der Waals surface area contributed by atoms with E-state index in [1.807, 2.05) is 71.8 Å². The van der Waals surface area contributed by atoms with Gasteiger partial charge in [-0.3, -0.25) is 9.59 Å². The molecule has 1 heterocycles. The molecule has 0 bridgehead atoms. The summed E-state index contributed by atoms with van der Waals surface area (Å²) >= 11 is 0. The van der Waals surface area contributed by atoms with Crippen molar-refractivity contribution < 1.29 is 19.1 Å². The number of carbonyl (C=O) groups excluding carboxylic acids is 2. The van der Waals surface area contributed by atoms with Crippen molar-refractivity contribution in [2.24, 2.45) is 5.92 Å². The van der Waals surface area contributed by atoms with E-state index in [1.54, 1.807) is 19.1 Å². The van der Waals surface area contributed by atoms with Crippen molar-refractivity contribution in [2.45, 2.75) is 32.5 Å². The number of aromatic nitrogens is 1. The highest BCUT2D eigenvalue weighted by Gasteiger charge is 2.34. The van der Waals surface area contributed by atoms with Gasteiger partial charge in [-0.1, -0.05) is 42.5 Å². The van der Waals surface area contributed by atoms with Crippen LogP contribution in [0.15, 0.2) is 72.9 Å². The summed E-state index contributed by atoms with van der Waals surface area (Å²) < 4.78 is 12.7. The molecule has 0 aliphatic heterocycles. The van der Waals surface area contributed by atoms with Crippen LogP contribution in [0.25, 0.3) is 0 Å². The van der Waals surface area contributed by atoms with Crippen LogP contribution in [0.2, 0.25) is 0 Å². The van der Waals surface area contributed by atoms with Crippen LogP contribution in [-0.2, 0) is 34.0 Å². The predicted molar refractivity (Wildman–Crippen MR) is 138 cm³/mol. The molecule has 0 saturated heterocycles. The molecule has 36 heavy (non-hydrogen) atoms. The lowest BCUT2D eigenvalue weighted by Gasteiger charge is -2.28. The number of carbonyl (C=O) groups is 2. The van der Waals surface area contributed by atoms with Crippen molar-refractivity contribution in [3.8, 4) is 5.75 Å². The highest BCUT2D eigenvalue weighted by molar-refractivity contribution is 5.87. The van der Waals surface area contributed by atoms with E-state index >= 15 is 0 Å².